The topological polar surface area (TPSA) is 44.8 Å². The molecule has 0 atom stereocenters. The van der Waals surface area contributed by atoms with Crippen molar-refractivity contribution in [2.24, 2.45) is 0 Å². The van der Waals surface area contributed by atoms with Crippen molar-refractivity contribution in [2.45, 2.75) is 6.61 Å². The van der Waals surface area contributed by atoms with E-state index in [0.717, 1.165) is 16.9 Å². The van der Waals surface area contributed by atoms with Crippen LogP contribution in [0, 0.1) is 0 Å². The molecule has 0 aromatic heterocycles. The minimum Gasteiger partial charge on any atom is -0.497 e. The second kappa shape index (κ2) is 9.42. The molecule has 4 nitrogen and oxygen atoms in total. The molecule has 0 fully saturated rings. The third-order valence-corrected chi connectivity index (χ3v) is 4.21. The lowest BCUT2D eigenvalue weighted by Gasteiger charge is -2.08. The number of hydrogen-bond donors (Lipinski definition) is 0. The predicted octanol–water partition coefficient (Wildman–Crippen LogP) is 5.18. The second-order valence-corrected chi connectivity index (χ2v) is 6.11. The first-order chi connectivity index (χ1) is 13.7. The minimum absolute atomic E-state index is 0.143. The van der Waals surface area contributed by atoms with Crippen LogP contribution in [0.5, 0.6) is 17.2 Å². The van der Waals surface area contributed by atoms with Crippen molar-refractivity contribution in [3.05, 3.63) is 95.6 Å². The van der Waals surface area contributed by atoms with E-state index >= 15 is 0 Å². The fourth-order valence-electron chi connectivity index (χ4n) is 2.71. The van der Waals surface area contributed by atoms with Gasteiger partial charge in [0.25, 0.3) is 0 Å². The average Bonchev–Trinajstić information content (AvgIpc) is 2.76. The molecular weight excluding hydrogens is 352 g/mol. The van der Waals surface area contributed by atoms with Crippen LogP contribution in [0.25, 0.3) is 6.08 Å². The fourth-order valence-corrected chi connectivity index (χ4v) is 2.71. The number of carbonyl (C=O) groups excluding carboxylic acids is 1. The number of ketones is 1. The molecule has 3 aromatic carbocycles. The van der Waals surface area contributed by atoms with E-state index in [1.807, 2.05) is 54.6 Å². The number of rotatable bonds is 8. The van der Waals surface area contributed by atoms with Crippen molar-refractivity contribution in [2.75, 3.05) is 14.2 Å². The van der Waals surface area contributed by atoms with Gasteiger partial charge >= 0.3 is 0 Å². The van der Waals surface area contributed by atoms with E-state index < -0.39 is 0 Å². The second-order valence-electron chi connectivity index (χ2n) is 6.11. The molecule has 4 heteroatoms. The van der Waals surface area contributed by atoms with E-state index in [1.54, 1.807) is 31.4 Å². The average molecular weight is 374 g/mol. The summed E-state index contributed by atoms with van der Waals surface area (Å²) in [7, 11) is 3.10. The van der Waals surface area contributed by atoms with E-state index in [-0.39, 0.29) is 5.78 Å². The minimum atomic E-state index is -0.143. The van der Waals surface area contributed by atoms with Gasteiger partial charge < -0.3 is 14.2 Å². The first kappa shape index (κ1) is 19.2. The fraction of sp³-hybridized carbons (Fsp3) is 0.125. The Balaban J connectivity index is 1.69. The van der Waals surface area contributed by atoms with E-state index in [1.165, 1.54) is 13.2 Å². The summed E-state index contributed by atoms with van der Waals surface area (Å²) < 4.78 is 16.3. The van der Waals surface area contributed by atoms with Crippen molar-refractivity contribution in [3.63, 3.8) is 0 Å². The molecule has 0 amide bonds. The quantitative estimate of drug-likeness (QED) is 0.403. The zero-order chi connectivity index (χ0) is 19.8. The molecule has 0 N–H and O–H groups in total. The summed E-state index contributed by atoms with van der Waals surface area (Å²) in [6.07, 6.45) is 3.29. The molecular formula is C24H22O4. The Hall–Kier alpha value is -3.53. The van der Waals surface area contributed by atoms with Crippen molar-refractivity contribution in [3.8, 4) is 17.2 Å². The molecule has 0 radical (unpaired) electrons. The van der Waals surface area contributed by atoms with Crippen LogP contribution in [0.1, 0.15) is 21.5 Å². The van der Waals surface area contributed by atoms with Gasteiger partial charge in [0.15, 0.2) is 5.78 Å². The van der Waals surface area contributed by atoms with Crippen molar-refractivity contribution in [1.82, 2.24) is 0 Å². The van der Waals surface area contributed by atoms with Crippen LogP contribution in [-0.4, -0.2) is 20.0 Å². The Labute approximate surface area is 165 Å². The van der Waals surface area contributed by atoms with Crippen LogP contribution in [-0.2, 0) is 6.61 Å². The molecule has 3 aromatic rings. The highest BCUT2D eigenvalue weighted by atomic mass is 16.5. The maximum absolute atomic E-state index is 12.6. The van der Waals surface area contributed by atoms with Gasteiger partial charge in [0.2, 0.25) is 0 Å². The molecule has 3 rings (SSSR count). The smallest absolute Gasteiger partial charge is 0.189 e. The monoisotopic (exact) mass is 374 g/mol. The van der Waals surface area contributed by atoms with E-state index in [4.69, 9.17) is 14.2 Å². The number of allylic oxidation sites excluding steroid dienone is 1. The third kappa shape index (κ3) is 5.01. The first-order valence-corrected chi connectivity index (χ1v) is 8.91. The summed E-state index contributed by atoms with van der Waals surface area (Å²) in [6.45, 7) is 0.496. The summed E-state index contributed by atoms with van der Waals surface area (Å²) in [5, 5.41) is 0. The lowest BCUT2D eigenvalue weighted by atomic mass is 10.1. The van der Waals surface area contributed by atoms with E-state index in [9.17, 15) is 4.79 Å². The largest absolute Gasteiger partial charge is 0.497 e. The number of carbonyl (C=O) groups is 1. The van der Waals surface area contributed by atoms with Gasteiger partial charge in [-0.3, -0.25) is 4.79 Å². The first-order valence-electron chi connectivity index (χ1n) is 8.91. The third-order valence-electron chi connectivity index (χ3n) is 4.21. The van der Waals surface area contributed by atoms with E-state index in [2.05, 4.69) is 0 Å². The maximum Gasteiger partial charge on any atom is 0.189 e. The highest BCUT2D eigenvalue weighted by molar-refractivity contribution is 6.08. The number of hydrogen-bond acceptors (Lipinski definition) is 4. The van der Waals surface area contributed by atoms with Crippen LogP contribution < -0.4 is 14.2 Å². The van der Waals surface area contributed by atoms with Gasteiger partial charge in [-0.2, -0.15) is 0 Å². The Morgan fingerprint density at radius 2 is 1.68 bits per heavy atom. The van der Waals surface area contributed by atoms with Crippen LogP contribution in [0.4, 0.5) is 0 Å². The molecule has 0 unspecified atom stereocenters. The lowest BCUT2D eigenvalue weighted by Crippen LogP contribution is -1.99. The Bertz CT molecular complexity index is 961. The molecule has 0 aliphatic carbocycles. The molecule has 0 spiro atoms. The summed E-state index contributed by atoms with van der Waals surface area (Å²) in [5.74, 6) is 1.73. The van der Waals surface area contributed by atoms with E-state index in [0.29, 0.717) is 23.7 Å². The zero-order valence-corrected chi connectivity index (χ0v) is 15.9. The molecule has 0 saturated heterocycles. The standard InChI is InChI=1S/C24H22O4/c1-26-20-12-13-22(24(16-20)27-2)23(25)14-11-18-9-6-10-21(15-18)28-17-19-7-4-3-5-8-19/h3-16H,17H2,1-2H3/b14-11+. The van der Waals surface area contributed by atoms with Crippen LogP contribution >= 0.6 is 0 Å². The lowest BCUT2D eigenvalue weighted by molar-refractivity contribution is 0.104. The van der Waals surface area contributed by atoms with Gasteiger partial charge in [-0.05, 0) is 41.5 Å². The number of methoxy groups -OCH3 is 2. The Morgan fingerprint density at radius 1 is 0.857 bits per heavy atom. The van der Waals surface area contributed by atoms with Crippen molar-refractivity contribution < 1.29 is 19.0 Å². The highest BCUT2D eigenvalue weighted by Gasteiger charge is 2.10. The van der Waals surface area contributed by atoms with Crippen LogP contribution in [0.3, 0.4) is 0 Å². The zero-order valence-electron chi connectivity index (χ0n) is 15.9. The molecule has 0 aliphatic heterocycles. The number of benzene rings is 3. The molecule has 0 saturated carbocycles. The predicted molar refractivity (Wildman–Crippen MR) is 110 cm³/mol. The summed E-state index contributed by atoms with van der Waals surface area (Å²) >= 11 is 0. The van der Waals surface area contributed by atoms with Crippen molar-refractivity contribution >= 4 is 11.9 Å². The normalized spacial score (nSPS) is 10.6. The molecule has 0 heterocycles. The molecule has 0 aliphatic rings. The Kier molecular flexibility index (Phi) is 6.47. The summed E-state index contributed by atoms with van der Waals surface area (Å²) in [5.41, 5.74) is 2.47. The van der Waals surface area contributed by atoms with Gasteiger partial charge in [0.1, 0.15) is 23.9 Å². The van der Waals surface area contributed by atoms with Crippen molar-refractivity contribution in [1.29, 1.82) is 0 Å². The van der Waals surface area contributed by atoms with Gasteiger partial charge in [-0.1, -0.05) is 48.5 Å². The molecule has 28 heavy (non-hydrogen) atoms. The van der Waals surface area contributed by atoms with Crippen LogP contribution in [0.2, 0.25) is 0 Å². The highest BCUT2D eigenvalue weighted by Crippen LogP contribution is 2.25. The molecule has 142 valence electrons. The van der Waals surface area contributed by atoms with Gasteiger partial charge in [-0.15, -0.1) is 0 Å². The molecule has 0 bridgehead atoms. The van der Waals surface area contributed by atoms with Gasteiger partial charge in [-0.25, -0.2) is 0 Å². The summed E-state index contributed by atoms with van der Waals surface area (Å²) in [6, 6.07) is 22.7. The Morgan fingerprint density at radius 3 is 2.43 bits per heavy atom. The van der Waals surface area contributed by atoms with Crippen LogP contribution in [0.15, 0.2) is 78.9 Å². The van der Waals surface area contributed by atoms with Gasteiger partial charge in [0.05, 0.1) is 19.8 Å². The van der Waals surface area contributed by atoms with Gasteiger partial charge in [0, 0.05) is 6.07 Å². The SMILES string of the molecule is COc1ccc(C(=O)/C=C/c2cccc(OCc3ccccc3)c2)c(OC)c1. The maximum atomic E-state index is 12.6. The summed E-state index contributed by atoms with van der Waals surface area (Å²) in [4.78, 5) is 12.6. The number of ether oxygens (including phenoxy) is 3.